The smallest absolute Gasteiger partial charge is 0.256 e. The number of thioether (sulfide) groups is 1. The second-order valence-corrected chi connectivity index (χ2v) is 7.80. The van der Waals surface area contributed by atoms with Gasteiger partial charge in [0.05, 0.1) is 11.3 Å². The molecule has 3 rings (SSSR count). The van der Waals surface area contributed by atoms with E-state index >= 15 is 0 Å². The van der Waals surface area contributed by atoms with E-state index < -0.39 is 0 Å². The number of carbonyl (C=O) groups excluding carboxylic acids is 2. The van der Waals surface area contributed by atoms with Gasteiger partial charge in [0.25, 0.3) is 5.91 Å². The molecule has 2 aromatic rings. The van der Waals surface area contributed by atoms with Crippen molar-refractivity contribution in [2.75, 3.05) is 13.1 Å². The fourth-order valence-electron chi connectivity index (χ4n) is 3.30. The van der Waals surface area contributed by atoms with E-state index in [1.807, 2.05) is 24.0 Å². The van der Waals surface area contributed by atoms with Gasteiger partial charge in [-0.2, -0.15) is 0 Å². The number of likely N-dealkylation sites (tertiary alicyclic amines) is 1. The zero-order chi connectivity index (χ0) is 19.2. The summed E-state index contributed by atoms with van der Waals surface area (Å²) >= 11 is 1.48. The lowest BCUT2D eigenvalue weighted by atomic mass is 9.93. The number of aryl methyl sites for hydroxylation is 1. The Morgan fingerprint density at radius 2 is 2.30 bits per heavy atom. The van der Waals surface area contributed by atoms with Crippen molar-refractivity contribution in [3.8, 4) is 0 Å². The van der Waals surface area contributed by atoms with Crippen molar-refractivity contribution in [3.63, 3.8) is 0 Å². The number of nitrogens with zero attached hydrogens (tertiary/aromatic N) is 3. The molecular formula is C19H24N4O3S. The summed E-state index contributed by atoms with van der Waals surface area (Å²) in [6.45, 7) is 3.24. The molecule has 1 aliphatic rings. The van der Waals surface area contributed by atoms with Crippen molar-refractivity contribution in [1.82, 2.24) is 15.0 Å². The van der Waals surface area contributed by atoms with Gasteiger partial charge < -0.3 is 15.2 Å². The van der Waals surface area contributed by atoms with Gasteiger partial charge in [0.1, 0.15) is 10.8 Å². The molecule has 0 aromatic carbocycles. The predicted molar refractivity (Wildman–Crippen MR) is 102 cm³/mol. The minimum atomic E-state index is -0.285. The first kappa shape index (κ1) is 19.4. The van der Waals surface area contributed by atoms with E-state index in [-0.39, 0.29) is 11.8 Å². The van der Waals surface area contributed by atoms with Gasteiger partial charge in [-0.25, -0.2) is 4.98 Å². The van der Waals surface area contributed by atoms with Gasteiger partial charge in [-0.05, 0) is 44.2 Å². The first-order chi connectivity index (χ1) is 13.0. The van der Waals surface area contributed by atoms with Crippen LogP contribution in [-0.2, 0) is 10.5 Å². The molecule has 7 nitrogen and oxygen atoms in total. The van der Waals surface area contributed by atoms with Crippen LogP contribution >= 0.6 is 11.8 Å². The zero-order valence-electron chi connectivity index (χ0n) is 15.4. The van der Waals surface area contributed by atoms with Crippen LogP contribution in [0.2, 0.25) is 0 Å². The maximum atomic E-state index is 13.1. The van der Waals surface area contributed by atoms with E-state index in [0.717, 1.165) is 37.3 Å². The maximum Gasteiger partial charge on any atom is 0.256 e. The van der Waals surface area contributed by atoms with Crippen LogP contribution < -0.4 is 5.73 Å². The van der Waals surface area contributed by atoms with Crippen LogP contribution in [0.1, 0.15) is 47.5 Å². The van der Waals surface area contributed by atoms with Gasteiger partial charge >= 0.3 is 0 Å². The van der Waals surface area contributed by atoms with E-state index in [1.54, 1.807) is 12.3 Å². The number of nitrogens with two attached hydrogens (primary N) is 1. The first-order valence-corrected chi connectivity index (χ1v) is 10.1. The number of hydrogen-bond donors (Lipinski definition) is 1. The summed E-state index contributed by atoms with van der Waals surface area (Å²) in [5.74, 6) is 1.38. The molecule has 1 aliphatic heterocycles. The van der Waals surface area contributed by atoms with Crippen molar-refractivity contribution in [2.24, 2.45) is 11.7 Å². The molecule has 0 saturated carbocycles. The quantitative estimate of drug-likeness (QED) is 0.732. The standard InChI is InChI=1S/C19H24N4O3S/c1-13-10-15(22-26-13)12-27-18-16(5-2-8-21-18)19(25)23-9-3-4-14(11-23)6-7-17(20)24/h2,5,8,10,14H,3-4,6-7,9,11-12H2,1H3,(H2,20,24). The summed E-state index contributed by atoms with van der Waals surface area (Å²) in [5.41, 5.74) is 6.69. The topological polar surface area (TPSA) is 102 Å². The number of aromatic nitrogens is 2. The van der Waals surface area contributed by atoms with Gasteiger partial charge in [-0.1, -0.05) is 16.9 Å². The molecule has 8 heteroatoms. The van der Waals surface area contributed by atoms with Crippen LogP contribution in [0.4, 0.5) is 0 Å². The number of hydrogen-bond acceptors (Lipinski definition) is 6. The number of primary amides is 1. The summed E-state index contributed by atoms with van der Waals surface area (Å²) in [7, 11) is 0. The largest absolute Gasteiger partial charge is 0.370 e. The fourth-order valence-corrected chi connectivity index (χ4v) is 4.17. The number of piperidine rings is 1. The highest BCUT2D eigenvalue weighted by molar-refractivity contribution is 7.98. The fraction of sp³-hybridized carbons (Fsp3) is 0.474. The maximum absolute atomic E-state index is 13.1. The Kier molecular flexibility index (Phi) is 6.49. The third-order valence-corrected chi connectivity index (χ3v) is 5.68. The Bertz CT molecular complexity index is 808. The summed E-state index contributed by atoms with van der Waals surface area (Å²) in [5, 5.41) is 4.68. The lowest BCUT2D eigenvalue weighted by Crippen LogP contribution is -2.40. The highest BCUT2D eigenvalue weighted by Gasteiger charge is 2.26. The van der Waals surface area contributed by atoms with Crippen LogP contribution in [0.15, 0.2) is 33.9 Å². The monoisotopic (exact) mass is 388 g/mol. The lowest BCUT2D eigenvalue weighted by Gasteiger charge is -2.33. The summed E-state index contributed by atoms with van der Waals surface area (Å²) in [6, 6.07) is 5.48. The molecule has 2 aromatic heterocycles. The highest BCUT2D eigenvalue weighted by atomic mass is 32.2. The molecule has 1 fully saturated rings. The molecule has 1 unspecified atom stereocenters. The van der Waals surface area contributed by atoms with E-state index in [0.29, 0.717) is 35.2 Å². The Morgan fingerprint density at radius 1 is 1.44 bits per heavy atom. The minimum Gasteiger partial charge on any atom is -0.370 e. The van der Waals surface area contributed by atoms with Crippen LogP contribution in [0.3, 0.4) is 0 Å². The summed E-state index contributed by atoms with van der Waals surface area (Å²) < 4.78 is 5.09. The second kappa shape index (κ2) is 9.03. The molecule has 144 valence electrons. The number of carbonyl (C=O) groups is 2. The first-order valence-electron chi connectivity index (χ1n) is 9.10. The molecule has 1 saturated heterocycles. The van der Waals surface area contributed by atoms with Crippen LogP contribution in [0, 0.1) is 12.8 Å². The van der Waals surface area contributed by atoms with Crippen molar-refractivity contribution >= 4 is 23.6 Å². The van der Waals surface area contributed by atoms with Crippen molar-refractivity contribution in [3.05, 3.63) is 41.4 Å². The zero-order valence-corrected chi connectivity index (χ0v) is 16.2. The molecule has 1 atom stereocenters. The number of amides is 2. The van der Waals surface area contributed by atoms with Crippen molar-refractivity contribution < 1.29 is 14.1 Å². The van der Waals surface area contributed by atoms with E-state index in [9.17, 15) is 9.59 Å². The average molecular weight is 388 g/mol. The van der Waals surface area contributed by atoms with Crippen LogP contribution in [0.25, 0.3) is 0 Å². The van der Waals surface area contributed by atoms with Crippen LogP contribution in [0.5, 0.6) is 0 Å². The molecule has 3 heterocycles. The predicted octanol–water partition coefficient (Wildman–Crippen LogP) is 2.79. The third kappa shape index (κ3) is 5.32. The number of rotatable bonds is 7. The van der Waals surface area contributed by atoms with Gasteiger partial charge in [0, 0.05) is 37.5 Å². The summed E-state index contributed by atoms with van der Waals surface area (Å²) in [6.07, 6.45) is 4.77. The molecule has 0 radical (unpaired) electrons. The molecule has 0 aliphatic carbocycles. The van der Waals surface area contributed by atoms with Crippen molar-refractivity contribution in [2.45, 2.75) is 43.4 Å². The van der Waals surface area contributed by atoms with E-state index in [2.05, 4.69) is 10.1 Å². The summed E-state index contributed by atoms with van der Waals surface area (Å²) in [4.78, 5) is 30.4. The Hall–Kier alpha value is -2.35. The molecule has 0 spiro atoms. The Morgan fingerprint density at radius 3 is 3.04 bits per heavy atom. The van der Waals surface area contributed by atoms with Gasteiger partial charge in [0.2, 0.25) is 5.91 Å². The third-order valence-electron chi connectivity index (χ3n) is 4.64. The van der Waals surface area contributed by atoms with E-state index in [4.69, 9.17) is 10.3 Å². The van der Waals surface area contributed by atoms with Gasteiger partial charge in [-0.15, -0.1) is 0 Å². The molecular weight excluding hydrogens is 364 g/mol. The minimum absolute atomic E-state index is 0.00860. The number of pyridine rings is 1. The lowest BCUT2D eigenvalue weighted by molar-refractivity contribution is -0.118. The van der Waals surface area contributed by atoms with Gasteiger partial charge in [-0.3, -0.25) is 9.59 Å². The van der Waals surface area contributed by atoms with E-state index in [1.165, 1.54) is 11.8 Å². The van der Waals surface area contributed by atoms with Gasteiger partial charge in [0.15, 0.2) is 0 Å². The SMILES string of the molecule is Cc1cc(CSc2ncccc2C(=O)N2CCCC(CCC(N)=O)C2)no1. The Labute approximate surface area is 162 Å². The Balaban J connectivity index is 1.66. The van der Waals surface area contributed by atoms with Crippen molar-refractivity contribution in [1.29, 1.82) is 0 Å². The molecule has 27 heavy (non-hydrogen) atoms. The van der Waals surface area contributed by atoms with Crippen LogP contribution in [-0.4, -0.2) is 39.9 Å². The average Bonchev–Trinajstić information content (AvgIpc) is 3.10. The highest BCUT2D eigenvalue weighted by Crippen LogP contribution is 2.27. The molecule has 2 amide bonds. The molecule has 0 bridgehead atoms. The normalized spacial score (nSPS) is 17.1. The molecule has 2 N–H and O–H groups in total. The second-order valence-electron chi connectivity index (χ2n) is 6.84.